The molecule has 0 aliphatic carbocycles. The number of hydrogen-bond donors (Lipinski definition) is 2. The van der Waals surface area contributed by atoms with Gasteiger partial charge in [0.05, 0.1) is 0 Å². The minimum atomic E-state index is -0.168. The molecular formula is C13H18BrN3O2. The Morgan fingerprint density at radius 3 is 3.11 bits per heavy atom. The summed E-state index contributed by atoms with van der Waals surface area (Å²) in [6, 6.07) is 3.12. The number of rotatable bonds is 5. The Hall–Kier alpha value is -1.14. The summed E-state index contributed by atoms with van der Waals surface area (Å²) in [5.74, 6) is 0.542. The van der Waals surface area contributed by atoms with Gasteiger partial charge in [0, 0.05) is 23.3 Å². The van der Waals surface area contributed by atoms with Gasteiger partial charge in [-0.1, -0.05) is 0 Å². The van der Waals surface area contributed by atoms with E-state index in [1.807, 2.05) is 0 Å². The van der Waals surface area contributed by atoms with Crippen molar-refractivity contribution in [3.05, 3.63) is 33.2 Å². The van der Waals surface area contributed by atoms with Crippen LogP contribution in [0.3, 0.4) is 0 Å². The van der Waals surface area contributed by atoms with Crippen LogP contribution in [0.25, 0.3) is 0 Å². The molecule has 1 atom stereocenters. The van der Waals surface area contributed by atoms with Gasteiger partial charge in [0.25, 0.3) is 5.56 Å². The first-order valence-corrected chi connectivity index (χ1v) is 7.28. The maximum atomic E-state index is 11.7. The van der Waals surface area contributed by atoms with Crippen LogP contribution in [0.1, 0.15) is 12.8 Å². The van der Waals surface area contributed by atoms with Crippen LogP contribution in [0.5, 0.6) is 0 Å². The van der Waals surface area contributed by atoms with Gasteiger partial charge in [-0.3, -0.25) is 9.59 Å². The van der Waals surface area contributed by atoms with Gasteiger partial charge < -0.3 is 15.2 Å². The summed E-state index contributed by atoms with van der Waals surface area (Å²) in [4.78, 5) is 23.3. The Balaban J connectivity index is 1.77. The van der Waals surface area contributed by atoms with Crippen molar-refractivity contribution >= 4 is 21.8 Å². The third-order valence-electron chi connectivity index (χ3n) is 3.30. The van der Waals surface area contributed by atoms with Gasteiger partial charge in [-0.05, 0) is 53.8 Å². The highest BCUT2D eigenvalue weighted by Gasteiger charge is 2.14. The van der Waals surface area contributed by atoms with Gasteiger partial charge in [-0.25, -0.2) is 0 Å². The molecule has 1 aliphatic heterocycles. The number of halogens is 1. The summed E-state index contributed by atoms with van der Waals surface area (Å²) in [6.07, 6.45) is 3.80. The Morgan fingerprint density at radius 1 is 1.53 bits per heavy atom. The molecule has 5 nitrogen and oxygen atoms in total. The zero-order valence-electron chi connectivity index (χ0n) is 10.7. The maximum Gasteiger partial charge on any atom is 0.251 e. The van der Waals surface area contributed by atoms with Crippen molar-refractivity contribution in [1.82, 2.24) is 15.2 Å². The van der Waals surface area contributed by atoms with E-state index in [1.54, 1.807) is 12.3 Å². The fraction of sp³-hybridized carbons (Fsp3) is 0.538. The average Bonchev–Trinajstić information content (AvgIpc) is 2.87. The number of carbonyl (C=O) groups excluding carboxylic acids is 1. The molecule has 1 unspecified atom stereocenters. The van der Waals surface area contributed by atoms with Crippen LogP contribution in [0, 0.1) is 5.92 Å². The van der Waals surface area contributed by atoms with Crippen molar-refractivity contribution in [2.24, 2.45) is 5.92 Å². The van der Waals surface area contributed by atoms with E-state index in [4.69, 9.17) is 0 Å². The third-order valence-corrected chi connectivity index (χ3v) is 3.77. The van der Waals surface area contributed by atoms with Crippen LogP contribution in [0.4, 0.5) is 0 Å². The minimum absolute atomic E-state index is 0.0706. The van der Waals surface area contributed by atoms with Crippen molar-refractivity contribution in [3.63, 3.8) is 0 Å². The second-order valence-electron chi connectivity index (χ2n) is 4.81. The predicted octanol–water partition coefficient (Wildman–Crippen LogP) is 0.727. The molecule has 104 valence electrons. The van der Waals surface area contributed by atoms with Crippen molar-refractivity contribution in [2.45, 2.75) is 19.4 Å². The van der Waals surface area contributed by atoms with E-state index in [1.165, 1.54) is 17.1 Å². The molecule has 1 saturated heterocycles. The topological polar surface area (TPSA) is 63.1 Å². The number of nitrogens with one attached hydrogen (secondary N) is 2. The lowest BCUT2D eigenvalue weighted by atomic mass is 10.1. The van der Waals surface area contributed by atoms with Crippen LogP contribution in [-0.2, 0) is 11.3 Å². The van der Waals surface area contributed by atoms with E-state index in [0.717, 1.165) is 24.0 Å². The molecule has 1 aromatic heterocycles. The first-order chi connectivity index (χ1) is 9.15. The summed E-state index contributed by atoms with van der Waals surface area (Å²) in [5.41, 5.74) is -0.168. The highest BCUT2D eigenvalue weighted by atomic mass is 79.9. The molecule has 2 N–H and O–H groups in total. The maximum absolute atomic E-state index is 11.7. The predicted molar refractivity (Wildman–Crippen MR) is 77.0 cm³/mol. The molecule has 0 spiro atoms. The van der Waals surface area contributed by atoms with Gasteiger partial charge in [0.2, 0.25) is 5.91 Å². The molecule has 0 radical (unpaired) electrons. The summed E-state index contributed by atoms with van der Waals surface area (Å²) in [7, 11) is 0. The number of carbonyl (C=O) groups is 1. The minimum Gasteiger partial charge on any atom is -0.355 e. The summed E-state index contributed by atoms with van der Waals surface area (Å²) >= 11 is 3.29. The highest BCUT2D eigenvalue weighted by Crippen LogP contribution is 2.10. The van der Waals surface area contributed by atoms with Crippen LogP contribution in [0.2, 0.25) is 0 Å². The van der Waals surface area contributed by atoms with Crippen molar-refractivity contribution in [1.29, 1.82) is 0 Å². The molecule has 0 aromatic carbocycles. The monoisotopic (exact) mass is 327 g/mol. The van der Waals surface area contributed by atoms with Crippen LogP contribution in [0.15, 0.2) is 27.6 Å². The largest absolute Gasteiger partial charge is 0.355 e. The smallest absolute Gasteiger partial charge is 0.251 e. The van der Waals surface area contributed by atoms with Crippen molar-refractivity contribution < 1.29 is 4.79 Å². The van der Waals surface area contributed by atoms with Crippen molar-refractivity contribution in [2.75, 3.05) is 19.6 Å². The number of pyridine rings is 1. The normalized spacial score (nSPS) is 18.5. The highest BCUT2D eigenvalue weighted by molar-refractivity contribution is 9.10. The van der Waals surface area contributed by atoms with E-state index in [-0.39, 0.29) is 18.0 Å². The first-order valence-electron chi connectivity index (χ1n) is 6.48. The summed E-state index contributed by atoms with van der Waals surface area (Å²) in [5, 5.41) is 6.16. The van der Waals surface area contributed by atoms with Crippen molar-refractivity contribution in [3.8, 4) is 0 Å². The lowest BCUT2D eigenvalue weighted by Gasteiger charge is -2.10. The van der Waals surface area contributed by atoms with E-state index in [0.29, 0.717) is 12.5 Å². The van der Waals surface area contributed by atoms with Gasteiger partial charge in [-0.15, -0.1) is 0 Å². The Labute approximate surface area is 120 Å². The number of hydrogen-bond acceptors (Lipinski definition) is 3. The molecule has 2 rings (SSSR count). The second-order valence-corrected chi connectivity index (χ2v) is 5.73. The van der Waals surface area contributed by atoms with Gasteiger partial charge >= 0.3 is 0 Å². The molecule has 1 amide bonds. The van der Waals surface area contributed by atoms with Crippen LogP contribution < -0.4 is 16.2 Å². The molecule has 6 heteroatoms. The second kappa shape index (κ2) is 6.86. The third kappa shape index (κ3) is 4.47. The molecule has 2 heterocycles. The Kier molecular flexibility index (Phi) is 5.15. The molecule has 1 fully saturated rings. The molecular weight excluding hydrogens is 310 g/mol. The standard InChI is InChI=1S/C13H18BrN3O2/c14-11-1-2-13(19)17(8-11)9-12(18)16-6-4-10-3-5-15-7-10/h1-2,8,10,15H,3-7,9H2,(H,16,18). The van der Waals surface area contributed by atoms with Gasteiger partial charge in [0.15, 0.2) is 0 Å². The fourth-order valence-electron chi connectivity index (χ4n) is 2.21. The van der Waals surface area contributed by atoms with E-state index >= 15 is 0 Å². The fourth-order valence-corrected chi connectivity index (χ4v) is 2.59. The number of amides is 1. The molecule has 19 heavy (non-hydrogen) atoms. The molecule has 0 saturated carbocycles. The van der Waals surface area contributed by atoms with E-state index in [9.17, 15) is 9.59 Å². The van der Waals surface area contributed by atoms with Crippen LogP contribution in [-0.4, -0.2) is 30.1 Å². The molecule has 0 bridgehead atoms. The van der Waals surface area contributed by atoms with E-state index in [2.05, 4.69) is 26.6 Å². The number of nitrogens with zero attached hydrogens (tertiary/aromatic N) is 1. The van der Waals surface area contributed by atoms with Gasteiger partial charge in [0.1, 0.15) is 6.54 Å². The molecule has 1 aromatic rings. The molecule has 1 aliphatic rings. The summed E-state index contributed by atoms with van der Waals surface area (Å²) in [6.45, 7) is 2.86. The summed E-state index contributed by atoms with van der Waals surface area (Å²) < 4.78 is 2.19. The Bertz CT molecular complexity index is 495. The van der Waals surface area contributed by atoms with Gasteiger partial charge in [-0.2, -0.15) is 0 Å². The van der Waals surface area contributed by atoms with E-state index < -0.39 is 0 Å². The SMILES string of the molecule is O=C(Cn1cc(Br)ccc1=O)NCCC1CCNC1. The zero-order valence-corrected chi connectivity index (χ0v) is 12.3. The average molecular weight is 328 g/mol. The lowest BCUT2D eigenvalue weighted by Crippen LogP contribution is -2.33. The zero-order chi connectivity index (χ0) is 13.7. The first kappa shape index (κ1) is 14.3. The number of aromatic nitrogens is 1. The van der Waals surface area contributed by atoms with Crippen LogP contribution >= 0.6 is 15.9 Å². The Morgan fingerprint density at radius 2 is 2.37 bits per heavy atom. The lowest BCUT2D eigenvalue weighted by molar-refractivity contribution is -0.121. The quantitative estimate of drug-likeness (QED) is 0.838.